The molecular weight excluding hydrogens is 226 g/mol. The highest BCUT2D eigenvalue weighted by Crippen LogP contribution is 2.33. The van der Waals surface area contributed by atoms with Gasteiger partial charge < -0.3 is 15.5 Å². The molecule has 0 heterocycles. The highest BCUT2D eigenvalue weighted by molar-refractivity contribution is 5.73. The SMILES string of the molecule is CN(C)C(=O)NCCNC1CCCC(C)(C)CC1. The summed E-state index contributed by atoms with van der Waals surface area (Å²) < 4.78 is 0. The smallest absolute Gasteiger partial charge is 0.316 e. The first-order chi connectivity index (χ1) is 8.41. The summed E-state index contributed by atoms with van der Waals surface area (Å²) in [6.07, 6.45) is 6.48. The van der Waals surface area contributed by atoms with Crippen molar-refractivity contribution in [3.05, 3.63) is 0 Å². The third-order valence-electron chi connectivity index (χ3n) is 3.82. The van der Waals surface area contributed by atoms with Gasteiger partial charge in [-0.25, -0.2) is 4.79 Å². The summed E-state index contributed by atoms with van der Waals surface area (Å²) in [4.78, 5) is 12.9. The van der Waals surface area contributed by atoms with Crippen LogP contribution in [0, 0.1) is 5.41 Å². The molecule has 2 amide bonds. The summed E-state index contributed by atoms with van der Waals surface area (Å²) in [5.41, 5.74) is 0.509. The van der Waals surface area contributed by atoms with Gasteiger partial charge in [-0.3, -0.25) is 0 Å². The second kappa shape index (κ2) is 6.98. The normalized spacial score (nSPS) is 23.2. The fourth-order valence-electron chi connectivity index (χ4n) is 2.47. The Morgan fingerprint density at radius 3 is 2.61 bits per heavy atom. The van der Waals surface area contributed by atoms with Crippen molar-refractivity contribution < 1.29 is 4.79 Å². The zero-order valence-electron chi connectivity index (χ0n) is 12.4. The summed E-state index contributed by atoms with van der Waals surface area (Å²) in [6, 6.07) is 0.613. The fourth-order valence-corrected chi connectivity index (χ4v) is 2.47. The van der Waals surface area contributed by atoms with E-state index >= 15 is 0 Å². The lowest BCUT2D eigenvalue weighted by Gasteiger charge is -2.22. The number of rotatable bonds is 4. The number of amides is 2. The molecule has 2 N–H and O–H groups in total. The van der Waals surface area contributed by atoms with Gasteiger partial charge in [0.2, 0.25) is 0 Å². The van der Waals surface area contributed by atoms with Gasteiger partial charge in [0.25, 0.3) is 0 Å². The maximum Gasteiger partial charge on any atom is 0.316 e. The molecule has 1 atom stereocenters. The molecule has 1 aliphatic carbocycles. The van der Waals surface area contributed by atoms with E-state index in [-0.39, 0.29) is 6.03 Å². The van der Waals surface area contributed by atoms with Gasteiger partial charge in [-0.2, -0.15) is 0 Å². The zero-order chi connectivity index (χ0) is 13.6. The lowest BCUT2D eigenvalue weighted by atomic mass is 9.85. The van der Waals surface area contributed by atoms with Crippen LogP contribution in [0.2, 0.25) is 0 Å². The Labute approximate surface area is 111 Å². The van der Waals surface area contributed by atoms with Crippen LogP contribution in [-0.4, -0.2) is 44.2 Å². The van der Waals surface area contributed by atoms with E-state index in [1.54, 1.807) is 19.0 Å². The molecule has 0 aromatic carbocycles. The largest absolute Gasteiger partial charge is 0.337 e. The first kappa shape index (κ1) is 15.3. The number of nitrogens with zero attached hydrogens (tertiary/aromatic N) is 1. The van der Waals surface area contributed by atoms with E-state index in [1.807, 2.05) is 0 Å². The van der Waals surface area contributed by atoms with Crippen LogP contribution in [0.3, 0.4) is 0 Å². The summed E-state index contributed by atoms with van der Waals surface area (Å²) in [5.74, 6) is 0. The third kappa shape index (κ3) is 5.71. The Kier molecular flexibility index (Phi) is 5.93. The average molecular weight is 255 g/mol. The van der Waals surface area contributed by atoms with Crippen molar-refractivity contribution in [3.8, 4) is 0 Å². The van der Waals surface area contributed by atoms with E-state index < -0.39 is 0 Å². The molecule has 0 aromatic rings. The van der Waals surface area contributed by atoms with Gasteiger partial charge in [-0.15, -0.1) is 0 Å². The summed E-state index contributed by atoms with van der Waals surface area (Å²) in [5, 5.41) is 6.44. The van der Waals surface area contributed by atoms with Gasteiger partial charge in [0, 0.05) is 33.2 Å². The van der Waals surface area contributed by atoms with E-state index in [0.29, 0.717) is 18.0 Å². The first-order valence-corrected chi connectivity index (χ1v) is 7.09. The minimum Gasteiger partial charge on any atom is -0.337 e. The monoisotopic (exact) mass is 255 g/mol. The molecule has 0 spiro atoms. The lowest BCUT2D eigenvalue weighted by Crippen LogP contribution is -2.40. The standard InChI is InChI=1S/C14H29N3O/c1-14(2)8-5-6-12(7-9-14)15-10-11-16-13(18)17(3)4/h12,15H,5-11H2,1-4H3,(H,16,18). The molecule has 1 saturated carbocycles. The number of carbonyl (C=O) groups is 1. The minimum atomic E-state index is -0.0150. The second-order valence-electron chi connectivity index (χ2n) is 6.37. The van der Waals surface area contributed by atoms with Gasteiger partial charge in [0.15, 0.2) is 0 Å². The predicted octanol–water partition coefficient (Wildman–Crippen LogP) is 2.21. The Morgan fingerprint density at radius 2 is 1.94 bits per heavy atom. The number of urea groups is 1. The number of hydrogen-bond donors (Lipinski definition) is 2. The lowest BCUT2D eigenvalue weighted by molar-refractivity contribution is 0.217. The molecule has 1 rings (SSSR count). The molecule has 18 heavy (non-hydrogen) atoms. The molecule has 1 aliphatic rings. The molecule has 1 fully saturated rings. The van der Waals surface area contributed by atoms with Crippen molar-refractivity contribution in [3.63, 3.8) is 0 Å². The molecular formula is C14H29N3O. The van der Waals surface area contributed by atoms with Crippen molar-refractivity contribution in [1.82, 2.24) is 15.5 Å². The quantitative estimate of drug-likeness (QED) is 0.597. The van der Waals surface area contributed by atoms with Crippen LogP contribution in [0.5, 0.6) is 0 Å². The van der Waals surface area contributed by atoms with Crippen LogP contribution < -0.4 is 10.6 Å². The highest BCUT2D eigenvalue weighted by atomic mass is 16.2. The molecule has 106 valence electrons. The molecule has 4 heteroatoms. The average Bonchev–Trinajstić information content (AvgIpc) is 2.45. The number of nitrogens with one attached hydrogen (secondary N) is 2. The van der Waals surface area contributed by atoms with Crippen LogP contribution >= 0.6 is 0 Å². The van der Waals surface area contributed by atoms with Crippen LogP contribution in [-0.2, 0) is 0 Å². The van der Waals surface area contributed by atoms with E-state index in [2.05, 4.69) is 24.5 Å². The molecule has 0 bridgehead atoms. The van der Waals surface area contributed by atoms with Crippen molar-refractivity contribution >= 4 is 6.03 Å². The second-order valence-corrected chi connectivity index (χ2v) is 6.37. The maximum absolute atomic E-state index is 11.3. The topological polar surface area (TPSA) is 44.4 Å². The van der Waals surface area contributed by atoms with Crippen LogP contribution in [0.25, 0.3) is 0 Å². The van der Waals surface area contributed by atoms with Gasteiger partial charge >= 0.3 is 6.03 Å². The number of carbonyl (C=O) groups excluding carboxylic acids is 1. The van der Waals surface area contributed by atoms with Gasteiger partial charge in [0.1, 0.15) is 0 Å². The summed E-state index contributed by atoms with van der Waals surface area (Å²) >= 11 is 0. The van der Waals surface area contributed by atoms with E-state index in [0.717, 1.165) is 6.54 Å². The molecule has 4 nitrogen and oxygen atoms in total. The fraction of sp³-hybridized carbons (Fsp3) is 0.929. The molecule has 0 aliphatic heterocycles. The van der Waals surface area contributed by atoms with Crippen LogP contribution in [0.15, 0.2) is 0 Å². The van der Waals surface area contributed by atoms with Gasteiger partial charge in [0.05, 0.1) is 0 Å². The summed E-state index contributed by atoms with van der Waals surface area (Å²) in [6.45, 7) is 6.31. The Balaban J connectivity index is 2.14. The summed E-state index contributed by atoms with van der Waals surface area (Å²) in [7, 11) is 3.52. The first-order valence-electron chi connectivity index (χ1n) is 7.09. The third-order valence-corrected chi connectivity index (χ3v) is 3.82. The molecule has 0 aromatic heterocycles. The molecule has 0 radical (unpaired) electrons. The van der Waals surface area contributed by atoms with E-state index in [4.69, 9.17) is 0 Å². The number of hydrogen-bond acceptors (Lipinski definition) is 2. The zero-order valence-corrected chi connectivity index (χ0v) is 12.4. The van der Waals surface area contributed by atoms with E-state index in [1.165, 1.54) is 32.1 Å². The minimum absolute atomic E-state index is 0.0150. The van der Waals surface area contributed by atoms with Gasteiger partial charge in [-0.1, -0.05) is 20.3 Å². The molecule has 0 saturated heterocycles. The Morgan fingerprint density at radius 1 is 1.22 bits per heavy atom. The van der Waals surface area contributed by atoms with Crippen molar-refractivity contribution in [2.45, 2.75) is 52.0 Å². The van der Waals surface area contributed by atoms with E-state index in [9.17, 15) is 4.79 Å². The van der Waals surface area contributed by atoms with Crippen molar-refractivity contribution in [1.29, 1.82) is 0 Å². The van der Waals surface area contributed by atoms with Gasteiger partial charge in [-0.05, 0) is 31.1 Å². The Bertz CT molecular complexity index is 264. The Hall–Kier alpha value is -0.770. The maximum atomic E-state index is 11.3. The van der Waals surface area contributed by atoms with Crippen LogP contribution in [0.4, 0.5) is 4.79 Å². The van der Waals surface area contributed by atoms with Crippen molar-refractivity contribution in [2.75, 3.05) is 27.2 Å². The van der Waals surface area contributed by atoms with Crippen molar-refractivity contribution in [2.24, 2.45) is 5.41 Å². The highest BCUT2D eigenvalue weighted by Gasteiger charge is 2.23. The predicted molar refractivity (Wildman–Crippen MR) is 75.7 cm³/mol. The van der Waals surface area contributed by atoms with Crippen LogP contribution in [0.1, 0.15) is 46.0 Å². The molecule has 1 unspecified atom stereocenters.